The first-order valence-corrected chi connectivity index (χ1v) is 5.12. The topological polar surface area (TPSA) is 9.23 Å². The first-order chi connectivity index (χ1) is 6.33. The Bertz CT molecular complexity index is 432. The van der Waals surface area contributed by atoms with Gasteiger partial charge in [-0.3, -0.25) is 0 Å². The number of hydrogen-bond donors (Lipinski definition) is 0. The maximum atomic E-state index is 5.30. The van der Waals surface area contributed by atoms with Gasteiger partial charge in [-0.25, -0.2) is 0 Å². The zero-order valence-corrected chi connectivity index (χ0v) is 9.41. The predicted molar refractivity (Wildman–Crippen MR) is 63.2 cm³/mol. The maximum Gasteiger partial charge on any atom is 0.127 e. The smallest absolute Gasteiger partial charge is 0.127 e. The second-order valence-electron chi connectivity index (χ2n) is 2.80. The van der Waals surface area contributed by atoms with Crippen LogP contribution in [0, 0.1) is 3.57 Å². The van der Waals surface area contributed by atoms with Crippen LogP contribution in [0.15, 0.2) is 36.4 Å². The summed E-state index contributed by atoms with van der Waals surface area (Å²) in [6.45, 7) is 0. The number of methoxy groups -OCH3 is 1. The molecule has 0 aliphatic heterocycles. The van der Waals surface area contributed by atoms with Crippen LogP contribution in [0.3, 0.4) is 0 Å². The molecule has 0 radical (unpaired) electrons. The first-order valence-electron chi connectivity index (χ1n) is 4.04. The molecule has 2 aromatic rings. The molecule has 0 atom stereocenters. The molecule has 0 aliphatic rings. The van der Waals surface area contributed by atoms with Crippen LogP contribution in [0.1, 0.15) is 0 Å². The van der Waals surface area contributed by atoms with Crippen LogP contribution in [-0.2, 0) is 0 Å². The van der Waals surface area contributed by atoms with Crippen LogP contribution in [0.4, 0.5) is 0 Å². The number of benzene rings is 2. The monoisotopic (exact) mass is 284 g/mol. The molecular weight excluding hydrogens is 275 g/mol. The third-order valence-corrected chi connectivity index (χ3v) is 2.93. The lowest BCUT2D eigenvalue weighted by Gasteiger charge is -2.06. The molecule has 0 amide bonds. The molecule has 13 heavy (non-hydrogen) atoms. The van der Waals surface area contributed by atoms with Gasteiger partial charge in [0.25, 0.3) is 0 Å². The standard InChI is InChI=1S/C11H9IO/c1-13-10-7-3-5-8-4-2-6-9(12)11(8)10/h2-7H,1H3. The fraction of sp³-hybridized carbons (Fsp3) is 0.0909. The van der Waals surface area contributed by atoms with Crippen LogP contribution in [0.2, 0.25) is 0 Å². The second kappa shape index (κ2) is 3.54. The Hall–Kier alpha value is -0.770. The van der Waals surface area contributed by atoms with Gasteiger partial charge in [-0.15, -0.1) is 0 Å². The Balaban J connectivity index is 2.87. The highest BCUT2D eigenvalue weighted by atomic mass is 127. The van der Waals surface area contributed by atoms with Crippen molar-refractivity contribution in [3.63, 3.8) is 0 Å². The molecule has 0 aliphatic carbocycles. The van der Waals surface area contributed by atoms with E-state index < -0.39 is 0 Å². The molecule has 0 unspecified atom stereocenters. The Labute approximate surface area is 90.9 Å². The normalized spacial score (nSPS) is 10.3. The summed E-state index contributed by atoms with van der Waals surface area (Å²) in [6.07, 6.45) is 0. The zero-order chi connectivity index (χ0) is 9.26. The average molecular weight is 284 g/mol. The molecule has 2 rings (SSSR count). The van der Waals surface area contributed by atoms with Crippen molar-refractivity contribution in [2.75, 3.05) is 7.11 Å². The lowest BCUT2D eigenvalue weighted by molar-refractivity contribution is 0.419. The van der Waals surface area contributed by atoms with Gasteiger partial charge in [0, 0.05) is 8.96 Å². The molecule has 0 aromatic heterocycles. The minimum absolute atomic E-state index is 0.947. The van der Waals surface area contributed by atoms with Crippen molar-refractivity contribution < 1.29 is 4.74 Å². The van der Waals surface area contributed by atoms with E-state index in [1.165, 1.54) is 14.3 Å². The average Bonchev–Trinajstić information content (AvgIpc) is 2.17. The first kappa shape index (κ1) is 8.81. The van der Waals surface area contributed by atoms with E-state index in [0.29, 0.717) is 0 Å². The predicted octanol–water partition coefficient (Wildman–Crippen LogP) is 3.45. The summed E-state index contributed by atoms with van der Waals surface area (Å²) in [4.78, 5) is 0. The maximum absolute atomic E-state index is 5.30. The summed E-state index contributed by atoms with van der Waals surface area (Å²) in [5.74, 6) is 0.947. The number of fused-ring (bicyclic) bond motifs is 1. The Morgan fingerprint density at radius 3 is 2.46 bits per heavy atom. The second-order valence-corrected chi connectivity index (χ2v) is 3.96. The van der Waals surface area contributed by atoms with Gasteiger partial charge in [0.1, 0.15) is 5.75 Å². The molecule has 0 saturated heterocycles. The van der Waals surface area contributed by atoms with Crippen LogP contribution in [0.5, 0.6) is 5.75 Å². The summed E-state index contributed by atoms with van der Waals surface area (Å²) < 4.78 is 6.53. The Morgan fingerprint density at radius 1 is 1.08 bits per heavy atom. The van der Waals surface area contributed by atoms with Crippen molar-refractivity contribution in [1.29, 1.82) is 0 Å². The van der Waals surface area contributed by atoms with E-state index in [-0.39, 0.29) is 0 Å². The molecule has 2 heteroatoms. The molecule has 0 N–H and O–H groups in total. The van der Waals surface area contributed by atoms with Crippen molar-refractivity contribution in [2.24, 2.45) is 0 Å². The lowest BCUT2D eigenvalue weighted by Crippen LogP contribution is -1.86. The van der Waals surface area contributed by atoms with Crippen molar-refractivity contribution in [3.8, 4) is 5.75 Å². The fourth-order valence-electron chi connectivity index (χ4n) is 1.43. The SMILES string of the molecule is COc1cccc2cccc(I)c12. The van der Waals surface area contributed by atoms with Gasteiger partial charge in [0.05, 0.1) is 7.11 Å². The molecule has 0 saturated carbocycles. The highest BCUT2D eigenvalue weighted by Crippen LogP contribution is 2.29. The van der Waals surface area contributed by atoms with E-state index in [1.54, 1.807) is 7.11 Å². The molecular formula is C11H9IO. The van der Waals surface area contributed by atoms with E-state index in [1.807, 2.05) is 12.1 Å². The Morgan fingerprint density at radius 2 is 1.77 bits per heavy atom. The van der Waals surface area contributed by atoms with Gasteiger partial charge in [0.15, 0.2) is 0 Å². The van der Waals surface area contributed by atoms with E-state index in [4.69, 9.17) is 4.74 Å². The lowest BCUT2D eigenvalue weighted by atomic mass is 10.1. The highest BCUT2D eigenvalue weighted by molar-refractivity contribution is 14.1. The highest BCUT2D eigenvalue weighted by Gasteiger charge is 2.02. The summed E-state index contributed by atoms with van der Waals surface area (Å²) in [5.41, 5.74) is 0. The van der Waals surface area contributed by atoms with Gasteiger partial charge in [-0.05, 0) is 40.1 Å². The molecule has 2 aromatic carbocycles. The van der Waals surface area contributed by atoms with Gasteiger partial charge in [0.2, 0.25) is 0 Å². The number of rotatable bonds is 1. The minimum Gasteiger partial charge on any atom is -0.496 e. The third-order valence-electron chi connectivity index (χ3n) is 2.04. The number of halogens is 1. The quantitative estimate of drug-likeness (QED) is 0.729. The van der Waals surface area contributed by atoms with Crippen molar-refractivity contribution >= 4 is 33.4 Å². The van der Waals surface area contributed by atoms with E-state index in [0.717, 1.165) is 5.75 Å². The summed E-state index contributed by atoms with van der Waals surface area (Å²) in [5, 5.41) is 2.43. The van der Waals surface area contributed by atoms with Gasteiger partial charge in [-0.2, -0.15) is 0 Å². The molecule has 0 bridgehead atoms. The van der Waals surface area contributed by atoms with Crippen LogP contribution >= 0.6 is 22.6 Å². The van der Waals surface area contributed by atoms with E-state index in [9.17, 15) is 0 Å². The van der Waals surface area contributed by atoms with E-state index >= 15 is 0 Å². The fourth-order valence-corrected chi connectivity index (χ4v) is 2.22. The van der Waals surface area contributed by atoms with Crippen LogP contribution < -0.4 is 4.74 Å². The van der Waals surface area contributed by atoms with Crippen molar-refractivity contribution in [1.82, 2.24) is 0 Å². The molecule has 1 nitrogen and oxygen atoms in total. The summed E-state index contributed by atoms with van der Waals surface area (Å²) in [6, 6.07) is 12.3. The van der Waals surface area contributed by atoms with Gasteiger partial charge < -0.3 is 4.74 Å². The zero-order valence-electron chi connectivity index (χ0n) is 7.25. The largest absolute Gasteiger partial charge is 0.496 e. The van der Waals surface area contributed by atoms with Crippen molar-refractivity contribution in [2.45, 2.75) is 0 Å². The van der Waals surface area contributed by atoms with Crippen LogP contribution in [-0.4, -0.2) is 7.11 Å². The van der Waals surface area contributed by atoms with Gasteiger partial charge >= 0.3 is 0 Å². The minimum atomic E-state index is 0.947. The Kier molecular flexibility index (Phi) is 2.40. The summed E-state index contributed by atoms with van der Waals surface area (Å²) in [7, 11) is 1.71. The summed E-state index contributed by atoms with van der Waals surface area (Å²) >= 11 is 2.33. The number of ether oxygens (including phenoxy) is 1. The van der Waals surface area contributed by atoms with E-state index in [2.05, 4.69) is 46.9 Å². The van der Waals surface area contributed by atoms with Gasteiger partial charge in [-0.1, -0.05) is 24.3 Å². The van der Waals surface area contributed by atoms with Crippen LogP contribution in [0.25, 0.3) is 10.8 Å². The third kappa shape index (κ3) is 1.50. The molecule has 66 valence electrons. The molecule has 0 fully saturated rings. The number of hydrogen-bond acceptors (Lipinski definition) is 1. The molecule has 0 heterocycles. The van der Waals surface area contributed by atoms with Crippen molar-refractivity contribution in [3.05, 3.63) is 40.0 Å². The molecule has 0 spiro atoms.